The van der Waals surface area contributed by atoms with E-state index in [0.717, 1.165) is 0 Å². The molecule has 0 aliphatic heterocycles. The molecular formula is C24H50. The summed E-state index contributed by atoms with van der Waals surface area (Å²) in [5, 5.41) is 0. The van der Waals surface area contributed by atoms with Crippen LogP contribution in [0, 0.1) is 0 Å². The maximum Gasteiger partial charge on any atom is -0.0342 e. The van der Waals surface area contributed by atoms with E-state index in [0.29, 0.717) is 0 Å². The summed E-state index contributed by atoms with van der Waals surface area (Å²) in [7, 11) is 0. The monoisotopic (exact) mass is 338 g/mol. The van der Waals surface area contributed by atoms with Crippen LogP contribution in [0.1, 0.15) is 132 Å². The molecule has 1 aliphatic carbocycles. The van der Waals surface area contributed by atoms with Crippen molar-refractivity contribution in [3.05, 3.63) is 23.8 Å². The lowest BCUT2D eigenvalue weighted by molar-refractivity contribution is 0.562. The van der Waals surface area contributed by atoms with Gasteiger partial charge in [0, 0.05) is 0 Å². The van der Waals surface area contributed by atoms with Crippen LogP contribution in [-0.4, -0.2) is 0 Å². The fourth-order valence-electron chi connectivity index (χ4n) is 2.46. The van der Waals surface area contributed by atoms with Crippen LogP contribution in [0.4, 0.5) is 0 Å². The summed E-state index contributed by atoms with van der Waals surface area (Å²) >= 11 is 0. The van der Waals surface area contributed by atoms with E-state index < -0.39 is 0 Å². The van der Waals surface area contributed by atoms with Crippen molar-refractivity contribution in [3.63, 3.8) is 0 Å². The summed E-state index contributed by atoms with van der Waals surface area (Å²) in [6.45, 7) is 14.7. The molecule has 0 nitrogen and oxygen atoms in total. The van der Waals surface area contributed by atoms with Gasteiger partial charge in [0.05, 0.1) is 0 Å². The molecular weight excluding hydrogens is 288 g/mol. The largest absolute Gasteiger partial charge is 0.0843 e. The van der Waals surface area contributed by atoms with Gasteiger partial charge >= 0.3 is 0 Å². The Bertz CT molecular complexity index is 224. The van der Waals surface area contributed by atoms with Gasteiger partial charge in [-0.3, -0.25) is 0 Å². The smallest absolute Gasteiger partial charge is 0.0342 e. The summed E-state index contributed by atoms with van der Waals surface area (Å²) < 4.78 is 0. The summed E-state index contributed by atoms with van der Waals surface area (Å²) in [6, 6.07) is 0. The first kappa shape index (κ1) is 28.3. The van der Waals surface area contributed by atoms with Crippen molar-refractivity contribution in [1.29, 1.82) is 0 Å². The van der Waals surface area contributed by atoms with Crippen molar-refractivity contribution in [1.82, 2.24) is 0 Å². The molecule has 0 saturated carbocycles. The third-order valence-corrected chi connectivity index (χ3v) is 3.88. The van der Waals surface area contributed by atoms with Crippen LogP contribution < -0.4 is 0 Å². The minimum Gasteiger partial charge on any atom is -0.0843 e. The summed E-state index contributed by atoms with van der Waals surface area (Å²) in [5.74, 6) is 0. The second kappa shape index (κ2) is 30.4. The molecule has 1 aliphatic rings. The van der Waals surface area contributed by atoms with Crippen molar-refractivity contribution in [2.24, 2.45) is 0 Å². The predicted molar refractivity (Wildman–Crippen MR) is 117 cm³/mol. The van der Waals surface area contributed by atoms with Crippen LogP contribution >= 0.6 is 0 Å². The highest BCUT2D eigenvalue weighted by Crippen LogP contribution is 2.10. The van der Waals surface area contributed by atoms with Crippen molar-refractivity contribution < 1.29 is 0 Å². The molecule has 0 radical (unpaired) electrons. The van der Waals surface area contributed by atoms with Gasteiger partial charge in [-0.05, 0) is 26.2 Å². The third kappa shape index (κ3) is 29.5. The van der Waals surface area contributed by atoms with Gasteiger partial charge in [-0.1, -0.05) is 130 Å². The molecule has 0 unspecified atom stereocenters. The minimum absolute atomic E-state index is 1.26. The van der Waals surface area contributed by atoms with Crippen LogP contribution in [0.5, 0.6) is 0 Å². The lowest BCUT2D eigenvalue weighted by Crippen LogP contribution is -1.80. The molecule has 0 amide bonds. The van der Waals surface area contributed by atoms with Gasteiger partial charge in [-0.25, -0.2) is 0 Å². The highest BCUT2D eigenvalue weighted by atomic mass is 14.0. The Morgan fingerprint density at radius 3 is 1.50 bits per heavy atom. The molecule has 0 aromatic rings. The number of hydrogen-bond donors (Lipinski definition) is 0. The second-order valence-electron chi connectivity index (χ2n) is 6.11. The minimum atomic E-state index is 1.26. The summed E-state index contributed by atoms with van der Waals surface area (Å²) in [4.78, 5) is 0. The Labute approximate surface area is 156 Å². The second-order valence-corrected chi connectivity index (χ2v) is 6.11. The molecule has 0 heterocycles. The van der Waals surface area contributed by atoms with Gasteiger partial charge in [0.25, 0.3) is 0 Å². The normalized spacial score (nSPS) is 12.4. The van der Waals surface area contributed by atoms with Crippen molar-refractivity contribution >= 4 is 0 Å². The van der Waals surface area contributed by atoms with Crippen LogP contribution in [0.15, 0.2) is 23.8 Å². The lowest BCUT2D eigenvalue weighted by Gasteiger charge is -1.99. The van der Waals surface area contributed by atoms with Crippen LogP contribution in [0.3, 0.4) is 0 Å². The first-order valence-electron chi connectivity index (χ1n) is 11.1. The van der Waals surface area contributed by atoms with E-state index in [1.807, 2.05) is 27.7 Å². The molecule has 0 N–H and O–H groups in total. The molecule has 0 fully saturated rings. The van der Waals surface area contributed by atoms with Gasteiger partial charge in [0.2, 0.25) is 0 Å². The van der Waals surface area contributed by atoms with E-state index >= 15 is 0 Å². The number of unbranched alkanes of at least 4 members (excludes halogenated alkanes) is 9. The molecule has 146 valence electrons. The van der Waals surface area contributed by atoms with Gasteiger partial charge in [-0.15, -0.1) is 0 Å². The van der Waals surface area contributed by atoms with Gasteiger partial charge < -0.3 is 0 Å². The zero-order valence-corrected chi connectivity index (χ0v) is 18.4. The highest BCUT2D eigenvalue weighted by Gasteiger charge is 1.90. The molecule has 0 heteroatoms. The lowest BCUT2D eigenvalue weighted by atomic mass is 10.1. The highest BCUT2D eigenvalue weighted by molar-refractivity contribution is 5.17. The molecule has 0 spiro atoms. The standard InChI is InChI=1S/C12H26.C8H12.2C2H6/c1-3-5-7-9-11-12-10-8-6-4-2;1-8-6-4-2-3-5-7-8;2*1-2/h3-12H2,1-2H3;4,6-7H,2-3,5H2,1H3;2*1-2H3. The zero-order chi connectivity index (χ0) is 18.9. The SMILES string of the molecule is CC.CC.CC1=CCCCC=C1.CCCCCCCCCCCC. The topological polar surface area (TPSA) is 0 Å². The van der Waals surface area contributed by atoms with Crippen molar-refractivity contribution in [3.8, 4) is 0 Å². The third-order valence-electron chi connectivity index (χ3n) is 3.88. The quantitative estimate of drug-likeness (QED) is 0.367. The van der Waals surface area contributed by atoms with Crippen LogP contribution in [0.25, 0.3) is 0 Å². The van der Waals surface area contributed by atoms with Crippen molar-refractivity contribution in [2.45, 2.75) is 132 Å². The zero-order valence-electron chi connectivity index (χ0n) is 18.4. The number of rotatable bonds is 9. The maximum absolute atomic E-state index is 2.30. The van der Waals surface area contributed by atoms with Gasteiger partial charge in [0.1, 0.15) is 0 Å². The Morgan fingerprint density at radius 1 is 0.667 bits per heavy atom. The van der Waals surface area contributed by atoms with E-state index in [2.05, 4.69) is 39.0 Å². The van der Waals surface area contributed by atoms with E-state index in [1.54, 1.807) is 0 Å². The van der Waals surface area contributed by atoms with Gasteiger partial charge in [-0.2, -0.15) is 0 Å². The van der Waals surface area contributed by atoms with Crippen molar-refractivity contribution in [2.75, 3.05) is 0 Å². The summed E-state index contributed by atoms with van der Waals surface area (Å²) in [5.41, 5.74) is 1.42. The molecule has 0 saturated heterocycles. The van der Waals surface area contributed by atoms with E-state index in [-0.39, 0.29) is 0 Å². The Morgan fingerprint density at radius 2 is 1.08 bits per heavy atom. The average Bonchev–Trinajstić information content (AvgIpc) is 2.89. The fourth-order valence-corrected chi connectivity index (χ4v) is 2.46. The average molecular weight is 339 g/mol. The van der Waals surface area contributed by atoms with E-state index in [9.17, 15) is 0 Å². The Balaban J connectivity index is -0.000000317. The molecule has 24 heavy (non-hydrogen) atoms. The Hall–Kier alpha value is -0.520. The van der Waals surface area contributed by atoms with Gasteiger partial charge in [0.15, 0.2) is 0 Å². The summed E-state index contributed by atoms with van der Waals surface area (Å²) in [6.07, 6.45) is 25.0. The Kier molecular flexibility index (Phi) is 35.8. The van der Waals surface area contributed by atoms with E-state index in [1.165, 1.54) is 89.0 Å². The molecule has 0 atom stereocenters. The van der Waals surface area contributed by atoms with E-state index in [4.69, 9.17) is 0 Å². The number of hydrogen-bond acceptors (Lipinski definition) is 0. The predicted octanol–water partition coefficient (Wildman–Crippen LogP) is 9.65. The molecule has 0 aromatic heterocycles. The van der Waals surface area contributed by atoms with Crippen LogP contribution in [-0.2, 0) is 0 Å². The first-order chi connectivity index (χ1) is 11.8. The molecule has 0 bridgehead atoms. The van der Waals surface area contributed by atoms with Crippen LogP contribution in [0.2, 0.25) is 0 Å². The fraction of sp³-hybridized carbons (Fsp3) is 0.833. The number of allylic oxidation sites excluding steroid dienone is 4. The first-order valence-corrected chi connectivity index (χ1v) is 11.1. The molecule has 1 rings (SSSR count). The maximum atomic E-state index is 2.30. The molecule has 0 aromatic carbocycles.